The number of piperazine rings is 1. The molecular weight excluding hydrogens is 456 g/mol. The van der Waals surface area contributed by atoms with Crippen molar-refractivity contribution in [2.45, 2.75) is 78.1 Å². The van der Waals surface area contributed by atoms with Gasteiger partial charge in [-0.3, -0.25) is 9.59 Å². The molecule has 0 N–H and O–H groups in total. The first-order valence-electron chi connectivity index (χ1n) is 12.1. The standard InChI is InChI=1S/C25H45N2O3.BrH/c1-4-6-7-14-20-27(19-5-2)21-17-26(18-22-27)25(29)16-13-11-9-8-10-12-15-23-30-24(3)28;/h5,13,16H,2,4,6-12,14-15,17-23H2,1,3H3;1H/q+1;/p-1/b16-13+;. The fraction of sp³-hybridized carbons (Fsp3) is 0.760. The molecule has 1 heterocycles. The maximum Gasteiger partial charge on any atom is 0.302 e. The Labute approximate surface area is 201 Å². The monoisotopic (exact) mass is 500 g/mol. The average Bonchev–Trinajstić information content (AvgIpc) is 2.73. The zero-order chi connectivity index (χ0) is 22.1. The molecule has 0 aromatic rings. The topological polar surface area (TPSA) is 46.6 Å². The lowest BCUT2D eigenvalue weighted by atomic mass is 10.1. The number of esters is 1. The van der Waals surface area contributed by atoms with Crippen LogP contribution in [-0.2, 0) is 14.3 Å². The molecule has 1 aliphatic rings. The van der Waals surface area contributed by atoms with Gasteiger partial charge in [0.15, 0.2) is 0 Å². The third kappa shape index (κ3) is 13.8. The van der Waals surface area contributed by atoms with Crippen LogP contribution in [0.15, 0.2) is 24.8 Å². The molecule has 0 aromatic carbocycles. The van der Waals surface area contributed by atoms with Crippen LogP contribution < -0.4 is 17.0 Å². The number of halogens is 1. The van der Waals surface area contributed by atoms with Crippen molar-refractivity contribution in [3.05, 3.63) is 24.8 Å². The maximum absolute atomic E-state index is 12.5. The summed E-state index contributed by atoms with van der Waals surface area (Å²) in [5, 5.41) is 0. The number of allylic oxidation sites excluding steroid dienone is 1. The minimum atomic E-state index is -0.198. The van der Waals surface area contributed by atoms with Crippen molar-refractivity contribution < 1.29 is 35.8 Å². The van der Waals surface area contributed by atoms with Crippen LogP contribution in [0.1, 0.15) is 78.1 Å². The molecule has 0 aromatic heterocycles. The van der Waals surface area contributed by atoms with Crippen molar-refractivity contribution in [3.8, 4) is 0 Å². The van der Waals surface area contributed by atoms with Crippen LogP contribution in [0.3, 0.4) is 0 Å². The lowest BCUT2D eigenvalue weighted by Crippen LogP contribution is -3.00. The third-order valence-electron chi connectivity index (χ3n) is 6.08. The number of carbonyl (C=O) groups is 2. The maximum atomic E-state index is 12.5. The van der Waals surface area contributed by atoms with Gasteiger partial charge in [0.25, 0.3) is 0 Å². The van der Waals surface area contributed by atoms with E-state index in [1.54, 1.807) is 6.08 Å². The van der Waals surface area contributed by atoms with Gasteiger partial charge in [0.05, 0.1) is 45.9 Å². The van der Waals surface area contributed by atoms with Gasteiger partial charge in [0.1, 0.15) is 0 Å². The highest BCUT2D eigenvalue weighted by atomic mass is 79.9. The van der Waals surface area contributed by atoms with E-state index in [1.807, 2.05) is 17.1 Å². The molecule has 0 aliphatic carbocycles. The normalized spacial score (nSPS) is 15.5. The predicted octanol–water partition coefficient (Wildman–Crippen LogP) is 1.88. The Balaban J connectivity index is 0.00000900. The number of rotatable bonds is 16. The second kappa shape index (κ2) is 18.4. The first-order valence-corrected chi connectivity index (χ1v) is 12.1. The Morgan fingerprint density at radius 1 is 1.00 bits per heavy atom. The molecule has 1 aliphatic heterocycles. The molecule has 5 nitrogen and oxygen atoms in total. The van der Waals surface area contributed by atoms with Crippen molar-refractivity contribution in [1.29, 1.82) is 0 Å². The Morgan fingerprint density at radius 2 is 1.65 bits per heavy atom. The van der Waals surface area contributed by atoms with Crippen LogP contribution >= 0.6 is 0 Å². The number of hydrogen-bond donors (Lipinski definition) is 0. The summed E-state index contributed by atoms with van der Waals surface area (Å²) in [6, 6.07) is 0. The largest absolute Gasteiger partial charge is 1.00 e. The number of ether oxygens (including phenoxy) is 1. The average molecular weight is 502 g/mol. The summed E-state index contributed by atoms with van der Waals surface area (Å²) in [5.41, 5.74) is 0. The molecule has 1 rings (SSSR count). The molecule has 0 atom stereocenters. The highest BCUT2D eigenvalue weighted by Crippen LogP contribution is 2.17. The second-order valence-electron chi connectivity index (χ2n) is 8.67. The fourth-order valence-corrected chi connectivity index (χ4v) is 4.16. The molecule has 6 heteroatoms. The van der Waals surface area contributed by atoms with Crippen molar-refractivity contribution in [3.63, 3.8) is 0 Å². The zero-order valence-corrected chi connectivity index (χ0v) is 21.5. The summed E-state index contributed by atoms with van der Waals surface area (Å²) in [6.45, 7) is 14.2. The van der Waals surface area contributed by atoms with E-state index in [0.29, 0.717) is 6.61 Å². The Bertz CT molecular complexity index is 529. The number of hydrogen-bond acceptors (Lipinski definition) is 3. The van der Waals surface area contributed by atoms with Gasteiger partial charge in [0, 0.05) is 6.92 Å². The smallest absolute Gasteiger partial charge is 0.302 e. The van der Waals surface area contributed by atoms with Gasteiger partial charge < -0.3 is 31.1 Å². The van der Waals surface area contributed by atoms with Crippen LogP contribution in [0.2, 0.25) is 0 Å². The van der Waals surface area contributed by atoms with Crippen molar-refractivity contribution in [2.75, 3.05) is 45.9 Å². The molecular formula is C25H45BrN2O3. The lowest BCUT2D eigenvalue weighted by Gasteiger charge is -2.44. The van der Waals surface area contributed by atoms with Crippen LogP contribution in [0.25, 0.3) is 0 Å². The van der Waals surface area contributed by atoms with Crippen LogP contribution in [0.5, 0.6) is 0 Å². The Hall–Kier alpha value is -1.14. The Kier molecular flexibility index (Phi) is 17.8. The number of nitrogens with zero attached hydrogens (tertiary/aromatic N) is 2. The van der Waals surface area contributed by atoms with E-state index < -0.39 is 0 Å². The van der Waals surface area contributed by atoms with E-state index in [0.717, 1.165) is 75.7 Å². The molecule has 1 fully saturated rings. The summed E-state index contributed by atoms with van der Waals surface area (Å²) < 4.78 is 6.02. The molecule has 1 amide bonds. The van der Waals surface area contributed by atoms with Gasteiger partial charge in [-0.1, -0.05) is 51.7 Å². The summed E-state index contributed by atoms with van der Waals surface area (Å²) in [7, 11) is 0. The summed E-state index contributed by atoms with van der Waals surface area (Å²) in [4.78, 5) is 25.2. The van der Waals surface area contributed by atoms with Gasteiger partial charge in [0.2, 0.25) is 5.91 Å². The van der Waals surface area contributed by atoms with Gasteiger partial charge in [-0.05, 0) is 44.3 Å². The van der Waals surface area contributed by atoms with Gasteiger partial charge in [-0.15, -0.1) is 0 Å². The highest BCUT2D eigenvalue weighted by Gasteiger charge is 2.32. The third-order valence-corrected chi connectivity index (χ3v) is 6.08. The first-order chi connectivity index (χ1) is 14.5. The van der Waals surface area contributed by atoms with Gasteiger partial charge in [-0.25, -0.2) is 0 Å². The van der Waals surface area contributed by atoms with E-state index in [1.165, 1.54) is 39.2 Å². The van der Waals surface area contributed by atoms with Gasteiger partial charge >= 0.3 is 5.97 Å². The molecule has 1 saturated heterocycles. The molecule has 0 saturated carbocycles. The number of carbonyl (C=O) groups excluding carboxylic acids is 2. The minimum absolute atomic E-state index is 0. The second-order valence-corrected chi connectivity index (χ2v) is 8.67. The summed E-state index contributed by atoms with van der Waals surface area (Å²) in [5.74, 6) is -0.0328. The van der Waals surface area contributed by atoms with E-state index in [2.05, 4.69) is 13.5 Å². The van der Waals surface area contributed by atoms with Crippen LogP contribution in [0, 0.1) is 0 Å². The number of unbranched alkanes of at least 4 members (excludes halogenated alkanes) is 8. The van der Waals surface area contributed by atoms with Crippen molar-refractivity contribution >= 4 is 11.9 Å². The molecule has 0 unspecified atom stereocenters. The molecule has 0 bridgehead atoms. The lowest BCUT2D eigenvalue weighted by molar-refractivity contribution is -0.926. The fourth-order valence-electron chi connectivity index (χ4n) is 4.16. The van der Waals surface area contributed by atoms with Crippen molar-refractivity contribution in [2.24, 2.45) is 0 Å². The van der Waals surface area contributed by atoms with Gasteiger partial charge in [-0.2, -0.15) is 0 Å². The zero-order valence-electron chi connectivity index (χ0n) is 20.0. The Morgan fingerprint density at radius 3 is 2.29 bits per heavy atom. The van der Waals surface area contributed by atoms with E-state index in [-0.39, 0.29) is 28.9 Å². The van der Waals surface area contributed by atoms with Crippen LogP contribution in [-0.4, -0.2) is 67.1 Å². The molecule has 0 spiro atoms. The quantitative estimate of drug-likeness (QED) is 0.107. The van der Waals surface area contributed by atoms with E-state index >= 15 is 0 Å². The minimum Gasteiger partial charge on any atom is -1.00 e. The van der Waals surface area contributed by atoms with E-state index in [4.69, 9.17) is 4.74 Å². The molecule has 31 heavy (non-hydrogen) atoms. The number of quaternary nitrogens is 1. The summed E-state index contributed by atoms with van der Waals surface area (Å²) in [6.07, 6.45) is 17.4. The highest BCUT2D eigenvalue weighted by molar-refractivity contribution is 5.87. The molecule has 0 radical (unpaired) electrons. The molecule has 180 valence electrons. The van der Waals surface area contributed by atoms with E-state index in [9.17, 15) is 9.59 Å². The van der Waals surface area contributed by atoms with Crippen molar-refractivity contribution in [1.82, 2.24) is 4.90 Å². The SMILES string of the molecule is C=CC[N+]1(CCCCCC)CCN(C(=O)/C=C/CCCCCCCOC(C)=O)CC1.[Br-]. The number of amides is 1. The summed E-state index contributed by atoms with van der Waals surface area (Å²) >= 11 is 0. The first kappa shape index (κ1) is 29.9. The predicted molar refractivity (Wildman–Crippen MR) is 124 cm³/mol. The van der Waals surface area contributed by atoms with Crippen LogP contribution in [0.4, 0.5) is 0 Å².